The molecule has 2 aromatic rings. The van der Waals surface area contributed by atoms with Gasteiger partial charge in [-0.25, -0.2) is 0 Å². The van der Waals surface area contributed by atoms with Crippen LogP contribution in [0.2, 0.25) is 10.0 Å². The Morgan fingerprint density at radius 1 is 1.07 bits per heavy atom. The van der Waals surface area contributed by atoms with E-state index in [0.717, 1.165) is 5.56 Å². The lowest BCUT2D eigenvalue weighted by molar-refractivity contribution is 0.0899. The van der Waals surface area contributed by atoms with Crippen LogP contribution in [0.1, 0.15) is 59.4 Å². The number of allylic oxidation sites excluding steroid dienone is 1. The molecule has 5 heteroatoms. The summed E-state index contributed by atoms with van der Waals surface area (Å²) in [4.78, 5) is 26.0. The van der Waals surface area contributed by atoms with Gasteiger partial charge in [0.05, 0.1) is 21.5 Å². The summed E-state index contributed by atoms with van der Waals surface area (Å²) in [6, 6.07) is 12.0. The number of ketones is 1. The normalized spacial score (nSPS) is 12.3. The van der Waals surface area contributed by atoms with E-state index in [0.29, 0.717) is 27.6 Å². The summed E-state index contributed by atoms with van der Waals surface area (Å²) in [7, 11) is 0. The molecule has 0 heterocycles. The van der Waals surface area contributed by atoms with Gasteiger partial charge in [0.25, 0.3) is 5.91 Å². The van der Waals surface area contributed by atoms with Gasteiger partial charge in [-0.15, -0.1) is 6.58 Å². The third-order valence-corrected chi connectivity index (χ3v) is 4.73. The molecule has 1 unspecified atom stereocenters. The van der Waals surface area contributed by atoms with Crippen molar-refractivity contribution in [3.05, 3.63) is 81.9 Å². The molecule has 3 nitrogen and oxygen atoms in total. The van der Waals surface area contributed by atoms with Gasteiger partial charge in [-0.1, -0.05) is 53.5 Å². The number of halogens is 2. The van der Waals surface area contributed by atoms with E-state index < -0.39 is 11.5 Å². The van der Waals surface area contributed by atoms with E-state index in [-0.39, 0.29) is 11.7 Å². The van der Waals surface area contributed by atoms with Crippen LogP contribution in [0.25, 0.3) is 0 Å². The van der Waals surface area contributed by atoms with Crippen molar-refractivity contribution in [2.24, 2.45) is 0 Å². The SMILES string of the molecule is C=CCC(C(=O)c1ccccc1C(=O)NC(C)(C)C)c1ccc(Cl)c(Cl)c1. The molecule has 0 fully saturated rings. The summed E-state index contributed by atoms with van der Waals surface area (Å²) in [5.41, 5.74) is 1.06. The molecule has 1 amide bonds. The molecule has 0 aliphatic heterocycles. The number of hydrogen-bond donors (Lipinski definition) is 1. The smallest absolute Gasteiger partial charge is 0.252 e. The number of amides is 1. The van der Waals surface area contributed by atoms with Gasteiger partial charge in [0, 0.05) is 11.1 Å². The Morgan fingerprint density at radius 3 is 2.26 bits per heavy atom. The van der Waals surface area contributed by atoms with Crippen molar-refractivity contribution < 1.29 is 9.59 Å². The largest absolute Gasteiger partial charge is 0.347 e. The zero-order valence-corrected chi connectivity index (χ0v) is 17.2. The summed E-state index contributed by atoms with van der Waals surface area (Å²) in [6.07, 6.45) is 2.11. The van der Waals surface area contributed by atoms with E-state index in [1.807, 2.05) is 20.8 Å². The molecule has 0 saturated heterocycles. The second-order valence-electron chi connectivity index (χ2n) is 7.36. The van der Waals surface area contributed by atoms with E-state index in [1.165, 1.54) is 0 Å². The first-order valence-corrected chi connectivity index (χ1v) is 9.41. The minimum absolute atomic E-state index is 0.159. The van der Waals surface area contributed by atoms with Gasteiger partial charge in [0.1, 0.15) is 0 Å². The molecule has 0 bridgehead atoms. The van der Waals surface area contributed by atoms with Gasteiger partial charge in [0.15, 0.2) is 5.78 Å². The summed E-state index contributed by atoms with van der Waals surface area (Å²) in [5.74, 6) is -0.938. The molecule has 0 aliphatic rings. The van der Waals surface area contributed by atoms with Gasteiger partial charge < -0.3 is 5.32 Å². The molecule has 142 valence electrons. The molecule has 0 saturated carbocycles. The second kappa shape index (κ2) is 8.73. The molecule has 0 spiro atoms. The quantitative estimate of drug-likeness (QED) is 0.470. The Morgan fingerprint density at radius 2 is 1.70 bits per heavy atom. The number of rotatable bonds is 6. The lowest BCUT2D eigenvalue weighted by Gasteiger charge is -2.22. The van der Waals surface area contributed by atoms with E-state index in [9.17, 15) is 9.59 Å². The maximum Gasteiger partial charge on any atom is 0.252 e. The zero-order chi connectivity index (χ0) is 20.2. The second-order valence-corrected chi connectivity index (χ2v) is 8.18. The third kappa shape index (κ3) is 5.44. The Labute approximate surface area is 170 Å². The van der Waals surface area contributed by atoms with Gasteiger partial charge in [0.2, 0.25) is 0 Å². The third-order valence-electron chi connectivity index (χ3n) is 3.99. The van der Waals surface area contributed by atoms with Crippen LogP contribution in [0.5, 0.6) is 0 Å². The molecule has 1 atom stereocenters. The Bertz CT molecular complexity index is 869. The number of hydrogen-bond acceptors (Lipinski definition) is 2. The predicted octanol–water partition coefficient (Wildman–Crippen LogP) is 6.06. The van der Waals surface area contributed by atoms with Gasteiger partial charge in [-0.05, 0) is 51.0 Å². The number of benzene rings is 2. The molecular weight excluding hydrogens is 381 g/mol. The fraction of sp³-hybridized carbons (Fsp3) is 0.273. The van der Waals surface area contributed by atoms with Crippen molar-refractivity contribution >= 4 is 34.9 Å². The molecular formula is C22H23Cl2NO2. The summed E-state index contributed by atoms with van der Waals surface area (Å²) < 4.78 is 0. The first-order valence-electron chi connectivity index (χ1n) is 8.65. The van der Waals surface area contributed by atoms with Crippen LogP contribution in [0.3, 0.4) is 0 Å². The summed E-state index contributed by atoms with van der Waals surface area (Å²) in [5, 5.41) is 3.72. The van der Waals surface area contributed by atoms with Crippen molar-refractivity contribution in [3.63, 3.8) is 0 Å². The highest BCUT2D eigenvalue weighted by atomic mass is 35.5. The minimum atomic E-state index is -0.499. The highest BCUT2D eigenvalue weighted by Gasteiger charge is 2.26. The van der Waals surface area contributed by atoms with Crippen LogP contribution in [0, 0.1) is 0 Å². The van der Waals surface area contributed by atoms with Crippen LogP contribution < -0.4 is 5.32 Å². The van der Waals surface area contributed by atoms with E-state index in [4.69, 9.17) is 23.2 Å². The van der Waals surface area contributed by atoms with E-state index >= 15 is 0 Å². The number of nitrogens with one attached hydrogen (secondary N) is 1. The first-order chi connectivity index (χ1) is 12.6. The standard InChI is InChI=1S/C22H23Cl2NO2/c1-5-8-15(14-11-12-18(23)19(24)13-14)20(26)16-9-6-7-10-17(16)21(27)25-22(2,3)4/h5-7,9-13,15H,1,8H2,2-4H3,(H,25,27). The van der Waals surface area contributed by atoms with Crippen LogP contribution in [0.4, 0.5) is 0 Å². The molecule has 0 radical (unpaired) electrons. The lowest BCUT2D eigenvalue weighted by Crippen LogP contribution is -2.41. The first kappa shape index (κ1) is 21.2. The number of carbonyl (C=O) groups excluding carboxylic acids is 2. The van der Waals surface area contributed by atoms with Gasteiger partial charge >= 0.3 is 0 Å². The van der Waals surface area contributed by atoms with E-state index in [1.54, 1.807) is 48.5 Å². The van der Waals surface area contributed by atoms with Crippen molar-refractivity contribution in [1.82, 2.24) is 5.32 Å². The van der Waals surface area contributed by atoms with Crippen molar-refractivity contribution in [3.8, 4) is 0 Å². The molecule has 0 aliphatic carbocycles. The Balaban J connectivity index is 2.46. The molecule has 2 rings (SSSR count). The Hall–Kier alpha value is -2.10. The topological polar surface area (TPSA) is 46.2 Å². The minimum Gasteiger partial charge on any atom is -0.347 e. The zero-order valence-electron chi connectivity index (χ0n) is 15.7. The average Bonchev–Trinajstić information content (AvgIpc) is 2.60. The average molecular weight is 404 g/mol. The number of Topliss-reactive ketones (excluding diaryl/α,β-unsaturated/α-hetero) is 1. The fourth-order valence-corrected chi connectivity index (χ4v) is 3.09. The molecule has 27 heavy (non-hydrogen) atoms. The summed E-state index contributed by atoms with van der Waals surface area (Å²) >= 11 is 12.1. The highest BCUT2D eigenvalue weighted by Crippen LogP contribution is 2.31. The number of carbonyl (C=O) groups is 2. The van der Waals surface area contributed by atoms with Crippen LogP contribution >= 0.6 is 23.2 Å². The van der Waals surface area contributed by atoms with E-state index in [2.05, 4.69) is 11.9 Å². The highest BCUT2D eigenvalue weighted by molar-refractivity contribution is 6.42. The molecule has 1 N–H and O–H groups in total. The lowest BCUT2D eigenvalue weighted by atomic mass is 9.86. The molecule has 0 aromatic heterocycles. The van der Waals surface area contributed by atoms with Crippen LogP contribution in [-0.4, -0.2) is 17.2 Å². The maximum absolute atomic E-state index is 13.3. The van der Waals surface area contributed by atoms with Gasteiger partial charge in [-0.3, -0.25) is 9.59 Å². The fourth-order valence-electron chi connectivity index (χ4n) is 2.78. The summed E-state index contributed by atoms with van der Waals surface area (Å²) in [6.45, 7) is 9.44. The van der Waals surface area contributed by atoms with Crippen molar-refractivity contribution in [1.29, 1.82) is 0 Å². The Kier molecular flexibility index (Phi) is 6.85. The van der Waals surface area contributed by atoms with Crippen molar-refractivity contribution in [2.75, 3.05) is 0 Å². The predicted molar refractivity (Wildman–Crippen MR) is 112 cm³/mol. The monoisotopic (exact) mass is 403 g/mol. The molecule has 2 aromatic carbocycles. The maximum atomic E-state index is 13.3. The van der Waals surface area contributed by atoms with Crippen LogP contribution in [0.15, 0.2) is 55.1 Å². The van der Waals surface area contributed by atoms with Gasteiger partial charge in [-0.2, -0.15) is 0 Å². The van der Waals surface area contributed by atoms with Crippen molar-refractivity contribution in [2.45, 2.75) is 38.6 Å². The van der Waals surface area contributed by atoms with Crippen LogP contribution in [-0.2, 0) is 0 Å².